The first kappa shape index (κ1) is 9.36. The van der Waals surface area contributed by atoms with Crippen molar-refractivity contribution in [1.82, 2.24) is 0 Å². The van der Waals surface area contributed by atoms with Gasteiger partial charge in [0.1, 0.15) is 0 Å². The van der Waals surface area contributed by atoms with Crippen LogP contribution in [0, 0.1) is 0 Å². The highest BCUT2D eigenvalue weighted by molar-refractivity contribution is 7.98. The molecule has 66 valence electrons. The second kappa shape index (κ2) is 4.33. The molecule has 0 aromatic carbocycles. The van der Waals surface area contributed by atoms with Gasteiger partial charge in [-0.3, -0.25) is 0 Å². The van der Waals surface area contributed by atoms with Gasteiger partial charge >= 0.3 is 0 Å². The van der Waals surface area contributed by atoms with Crippen molar-refractivity contribution < 1.29 is 9.84 Å². The highest BCUT2D eigenvalue weighted by Gasteiger charge is 2.33. The minimum Gasteiger partial charge on any atom is -0.393 e. The molecule has 1 N–H and O–H groups in total. The summed E-state index contributed by atoms with van der Waals surface area (Å²) in [4.78, 5) is 0. The second-order valence-corrected chi connectivity index (χ2v) is 4.02. The van der Waals surface area contributed by atoms with Gasteiger partial charge < -0.3 is 9.84 Å². The molecule has 1 fully saturated rings. The van der Waals surface area contributed by atoms with Crippen LogP contribution in [0.1, 0.15) is 19.3 Å². The van der Waals surface area contributed by atoms with E-state index in [1.807, 2.05) is 11.8 Å². The Labute approximate surface area is 72.3 Å². The molecular formula is C8H16O2S. The smallest absolute Gasteiger partial charge is 0.0920 e. The van der Waals surface area contributed by atoms with E-state index in [0.29, 0.717) is 0 Å². The molecule has 0 aromatic heterocycles. The molecule has 1 heterocycles. The lowest BCUT2D eigenvalue weighted by Gasteiger charge is -2.25. The van der Waals surface area contributed by atoms with Gasteiger partial charge in [0.15, 0.2) is 0 Å². The first-order chi connectivity index (χ1) is 5.33. The van der Waals surface area contributed by atoms with Gasteiger partial charge in [0.25, 0.3) is 0 Å². The molecule has 0 aromatic rings. The Morgan fingerprint density at radius 3 is 2.91 bits per heavy atom. The van der Waals surface area contributed by atoms with Crippen LogP contribution in [-0.2, 0) is 4.74 Å². The fraction of sp³-hybridized carbons (Fsp3) is 1.00. The van der Waals surface area contributed by atoms with Crippen molar-refractivity contribution in [2.45, 2.75) is 24.9 Å². The zero-order valence-electron chi connectivity index (χ0n) is 7.01. The van der Waals surface area contributed by atoms with Gasteiger partial charge in [-0.1, -0.05) is 0 Å². The quantitative estimate of drug-likeness (QED) is 0.699. The number of ether oxygens (including phenoxy) is 1. The maximum atomic E-state index is 9.11. The molecule has 0 saturated carbocycles. The van der Waals surface area contributed by atoms with Crippen molar-refractivity contribution in [2.75, 3.05) is 25.2 Å². The summed E-state index contributed by atoms with van der Waals surface area (Å²) < 4.78 is 5.53. The van der Waals surface area contributed by atoms with E-state index in [2.05, 4.69) is 6.26 Å². The fourth-order valence-corrected chi connectivity index (χ4v) is 2.02. The van der Waals surface area contributed by atoms with E-state index in [1.54, 1.807) is 0 Å². The molecule has 1 aliphatic rings. The van der Waals surface area contributed by atoms with Gasteiger partial charge in [0.05, 0.1) is 12.2 Å². The summed E-state index contributed by atoms with van der Waals surface area (Å²) in [5, 5.41) is 9.11. The van der Waals surface area contributed by atoms with E-state index in [1.165, 1.54) is 0 Å². The summed E-state index contributed by atoms with van der Waals surface area (Å²) in [6, 6.07) is 0. The van der Waals surface area contributed by atoms with Crippen LogP contribution in [0.3, 0.4) is 0 Å². The van der Waals surface area contributed by atoms with E-state index < -0.39 is 0 Å². The van der Waals surface area contributed by atoms with Crippen molar-refractivity contribution in [3.05, 3.63) is 0 Å². The molecule has 3 heteroatoms. The average molecular weight is 176 g/mol. The van der Waals surface area contributed by atoms with E-state index in [9.17, 15) is 0 Å². The maximum Gasteiger partial charge on any atom is 0.0920 e. The molecule has 0 radical (unpaired) electrons. The first-order valence-electron chi connectivity index (χ1n) is 4.07. The van der Waals surface area contributed by atoms with Crippen LogP contribution in [-0.4, -0.2) is 35.9 Å². The zero-order chi connectivity index (χ0) is 8.16. The molecule has 1 unspecified atom stereocenters. The van der Waals surface area contributed by atoms with Gasteiger partial charge in [-0.25, -0.2) is 0 Å². The Balaban J connectivity index is 2.33. The fourth-order valence-electron chi connectivity index (χ4n) is 1.44. The molecule has 1 aliphatic heterocycles. The van der Waals surface area contributed by atoms with E-state index in [4.69, 9.17) is 9.84 Å². The van der Waals surface area contributed by atoms with Crippen LogP contribution in [0.4, 0.5) is 0 Å². The van der Waals surface area contributed by atoms with Crippen molar-refractivity contribution in [2.24, 2.45) is 0 Å². The normalized spacial score (nSPS) is 31.1. The third kappa shape index (κ3) is 2.36. The van der Waals surface area contributed by atoms with Crippen LogP contribution in [0.5, 0.6) is 0 Å². The predicted molar refractivity (Wildman–Crippen MR) is 48.0 cm³/mol. The lowest BCUT2D eigenvalue weighted by Crippen LogP contribution is -2.32. The monoisotopic (exact) mass is 176 g/mol. The van der Waals surface area contributed by atoms with E-state index >= 15 is 0 Å². The SMILES string of the molecule is CSCCC1(CO)CCCO1. The number of hydrogen-bond acceptors (Lipinski definition) is 3. The van der Waals surface area contributed by atoms with Gasteiger partial charge in [-0.2, -0.15) is 11.8 Å². The Hall–Kier alpha value is 0.270. The van der Waals surface area contributed by atoms with Crippen molar-refractivity contribution >= 4 is 11.8 Å². The van der Waals surface area contributed by atoms with Crippen LogP contribution in [0.25, 0.3) is 0 Å². The van der Waals surface area contributed by atoms with Crippen molar-refractivity contribution in [3.63, 3.8) is 0 Å². The molecular weight excluding hydrogens is 160 g/mol. The molecule has 11 heavy (non-hydrogen) atoms. The van der Waals surface area contributed by atoms with Crippen molar-refractivity contribution in [1.29, 1.82) is 0 Å². The lowest BCUT2D eigenvalue weighted by atomic mass is 9.98. The Morgan fingerprint density at radius 2 is 2.45 bits per heavy atom. The molecule has 0 bridgehead atoms. The highest BCUT2D eigenvalue weighted by atomic mass is 32.2. The highest BCUT2D eigenvalue weighted by Crippen LogP contribution is 2.29. The molecule has 1 saturated heterocycles. The summed E-state index contributed by atoms with van der Waals surface area (Å²) in [5.74, 6) is 1.08. The summed E-state index contributed by atoms with van der Waals surface area (Å²) in [7, 11) is 0. The van der Waals surface area contributed by atoms with Gasteiger partial charge in [0.2, 0.25) is 0 Å². The molecule has 1 atom stereocenters. The second-order valence-electron chi connectivity index (χ2n) is 3.04. The molecule has 0 spiro atoms. The number of rotatable bonds is 4. The summed E-state index contributed by atoms with van der Waals surface area (Å²) >= 11 is 1.81. The minimum absolute atomic E-state index is 0.178. The number of aliphatic hydroxyl groups is 1. The number of thioether (sulfide) groups is 1. The average Bonchev–Trinajstić information content (AvgIpc) is 2.50. The molecule has 0 aliphatic carbocycles. The van der Waals surface area contributed by atoms with E-state index in [0.717, 1.165) is 31.6 Å². The minimum atomic E-state index is -0.178. The zero-order valence-corrected chi connectivity index (χ0v) is 7.82. The molecule has 2 nitrogen and oxygen atoms in total. The van der Waals surface area contributed by atoms with Crippen LogP contribution in [0.15, 0.2) is 0 Å². The lowest BCUT2D eigenvalue weighted by molar-refractivity contribution is -0.0397. The Morgan fingerprint density at radius 1 is 1.64 bits per heavy atom. The van der Waals surface area contributed by atoms with Crippen LogP contribution >= 0.6 is 11.8 Å². The molecule has 1 rings (SSSR count). The Kier molecular flexibility index (Phi) is 3.69. The van der Waals surface area contributed by atoms with Gasteiger partial charge in [-0.15, -0.1) is 0 Å². The van der Waals surface area contributed by atoms with Crippen LogP contribution in [0.2, 0.25) is 0 Å². The van der Waals surface area contributed by atoms with Crippen LogP contribution < -0.4 is 0 Å². The topological polar surface area (TPSA) is 29.5 Å². The van der Waals surface area contributed by atoms with Gasteiger partial charge in [-0.05, 0) is 31.3 Å². The maximum absolute atomic E-state index is 9.11. The van der Waals surface area contributed by atoms with E-state index in [-0.39, 0.29) is 12.2 Å². The third-order valence-corrected chi connectivity index (χ3v) is 2.85. The first-order valence-corrected chi connectivity index (χ1v) is 5.46. The summed E-state index contributed by atoms with van der Waals surface area (Å²) in [6.45, 7) is 1.02. The third-order valence-electron chi connectivity index (χ3n) is 2.23. The number of aliphatic hydroxyl groups excluding tert-OH is 1. The standard InChI is InChI=1S/C8H16O2S/c1-11-6-4-8(7-9)3-2-5-10-8/h9H,2-7H2,1H3. The van der Waals surface area contributed by atoms with Gasteiger partial charge in [0, 0.05) is 6.61 Å². The Bertz CT molecular complexity index is 111. The summed E-state index contributed by atoms with van der Waals surface area (Å²) in [5.41, 5.74) is -0.178. The summed E-state index contributed by atoms with van der Waals surface area (Å²) in [6.07, 6.45) is 5.21. The molecule has 0 amide bonds. The van der Waals surface area contributed by atoms with Crippen molar-refractivity contribution in [3.8, 4) is 0 Å². The largest absolute Gasteiger partial charge is 0.393 e. The predicted octanol–water partition coefficient (Wildman–Crippen LogP) is 1.28. The number of hydrogen-bond donors (Lipinski definition) is 1.